The van der Waals surface area contributed by atoms with Crippen LogP contribution in [0.3, 0.4) is 0 Å². The second-order valence-corrected chi connectivity index (χ2v) is 6.19. The number of ether oxygens (including phenoxy) is 1. The first-order valence-electron chi connectivity index (χ1n) is 7.70. The number of methoxy groups -OCH3 is 1. The second kappa shape index (κ2) is 6.36. The average molecular weight is 254 g/mol. The third kappa shape index (κ3) is 3.06. The van der Waals surface area contributed by atoms with Crippen molar-refractivity contribution in [3.05, 3.63) is 0 Å². The van der Waals surface area contributed by atoms with Gasteiger partial charge in [-0.25, -0.2) is 0 Å². The molecule has 18 heavy (non-hydrogen) atoms. The van der Waals surface area contributed by atoms with Crippen LogP contribution in [0.4, 0.5) is 0 Å². The zero-order valence-corrected chi connectivity index (χ0v) is 12.2. The van der Waals surface area contributed by atoms with Crippen LogP contribution in [0.5, 0.6) is 0 Å². The van der Waals surface area contributed by atoms with E-state index in [1.165, 1.54) is 38.5 Å². The predicted molar refractivity (Wildman–Crippen MR) is 75.6 cm³/mol. The molecular formula is C15H30N2O. The quantitative estimate of drug-likeness (QED) is 0.757. The summed E-state index contributed by atoms with van der Waals surface area (Å²) in [6.07, 6.45) is 8.34. The van der Waals surface area contributed by atoms with E-state index < -0.39 is 0 Å². The minimum atomic E-state index is 0.263. The summed E-state index contributed by atoms with van der Waals surface area (Å²) < 4.78 is 5.26. The number of hydrogen-bond acceptors (Lipinski definition) is 3. The lowest BCUT2D eigenvalue weighted by atomic mass is 9.72. The van der Waals surface area contributed by atoms with Crippen molar-refractivity contribution >= 4 is 0 Å². The fraction of sp³-hybridized carbons (Fsp3) is 1.00. The molecule has 3 nitrogen and oxygen atoms in total. The summed E-state index contributed by atoms with van der Waals surface area (Å²) in [6, 6.07) is 0. The number of nitrogens with zero attached hydrogens (tertiary/aromatic N) is 1. The molecule has 3 heteroatoms. The van der Waals surface area contributed by atoms with Crippen molar-refractivity contribution in [3.63, 3.8) is 0 Å². The Morgan fingerprint density at radius 1 is 1.28 bits per heavy atom. The summed E-state index contributed by atoms with van der Waals surface area (Å²) in [7, 11) is 1.79. The van der Waals surface area contributed by atoms with E-state index in [0.717, 1.165) is 38.1 Å². The van der Waals surface area contributed by atoms with Gasteiger partial charge in [-0.05, 0) is 44.1 Å². The van der Waals surface area contributed by atoms with Crippen molar-refractivity contribution in [2.45, 2.75) is 51.0 Å². The molecule has 2 unspecified atom stereocenters. The van der Waals surface area contributed by atoms with Crippen LogP contribution in [-0.4, -0.2) is 43.8 Å². The molecule has 0 saturated heterocycles. The topological polar surface area (TPSA) is 38.5 Å². The van der Waals surface area contributed by atoms with Gasteiger partial charge in [0.1, 0.15) is 0 Å². The smallest absolute Gasteiger partial charge is 0.0589 e. The summed E-state index contributed by atoms with van der Waals surface area (Å²) in [5.41, 5.74) is 6.45. The first-order valence-corrected chi connectivity index (χ1v) is 7.70. The monoisotopic (exact) mass is 254 g/mol. The fourth-order valence-corrected chi connectivity index (χ4v) is 3.89. The molecule has 106 valence electrons. The number of hydrogen-bond donors (Lipinski definition) is 1. The van der Waals surface area contributed by atoms with E-state index in [4.69, 9.17) is 10.5 Å². The molecule has 0 aromatic heterocycles. The molecule has 2 aliphatic carbocycles. The Labute approximate surface area is 112 Å². The van der Waals surface area contributed by atoms with Gasteiger partial charge >= 0.3 is 0 Å². The Bertz CT molecular complexity index is 255. The average Bonchev–Trinajstić information content (AvgIpc) is 3.24. The summed E-state index contributed by atoms with van der Waals surface area (Å²) in [5, 5.41) is 0. The lowest BCUT2D eigenvalue weighted by molar-refractivity contribution is 0.0171. The van der Waals surface area contributed by atoms with Gasteiger partial charge in [-0.1, -0.05) is 19.8 Å². The molecule has 2 rings (SSSR count). The number of likely N-dealkylation sites (N-methyl/N-ethyl adjacent to an activating group) is 1. The Morgan fingerprint density at radius 3 is 2.61 bits per heavy atom. The molecule has 0 spiro atoms. The molecule has 2 saturated carbocycles. The summed E-state index contributed by atoms with van der Waals surface area (Å²) in [4.78, 5) is 2.59. The molecule has 0 amide bonds. The first-order chi connectivity index (χ1) is 8.75. The van der Waals surface area contributed by atoms with E-state index in [1.54, 1.807) is 7.11 Å². The van der Waals surface area contributed by atoms with Gasteiger partial charge in [0.15, 0.2) is 0 Å². The number of rotatable bonds is 7. The highest BCUT2D eigenvalue weighted by molar-refractivity contribution is 4.99. The molecule has 0 bridgehead atoms. The highest BCUT2D eigenvalue weighted by Crippen LogP contribution is 2.47. The summed E-state index contributed by atoms with van der Waals surface area (Å²) >= 11 is 0. The molecule has 2 N–H and O–H groups in total. The van der Waals surface area contributed by atoms with Crippen molar-refractivity contribution in [1.82, 2.24) is 4.90 Å². The van der Waals surface area contributed by atoms with Crippen molar-refractivity contribution in [3.8, 4) is 0 Å². The highest BCUT2D eigenvalue weighted by Gasteiger charge is 2.43. The van der Waals surface area contributed by atoms with Crippen LogP contribution in [0.1, 0.15) is 45.4 Å². The van der Waals surface area contributed by atoms with E-state index in [1.807, 2.05) is 0 Å². The largest absolute Gasteiger partial charge is 0.383 e. The molecular weight excluding hydrogens is 224 g/mol. The van der Waals surface area contributed by atoms with Gasteiger partial charge in [0.25, 0.3) is 0 Å². The van der Waals surface area contributed by atoms with E-state index in [2.05, 4.69) is 11.8 Å². The molecule has 0 aliphatic heterocycles. The third-order valence-electron chi connectivity index (χ3n) is 5.15. The van der Waals surface area contributed by atoms with Crippen LogP contribution in [0.25, 0.3) is 0 Å². The molecule has 0 radical (unpaired) electrons. The first kappa shape index (κ1) is 14.3. The SMILES string of the molecule is CCN(CCOC)C1(CN)CCCC(C2CC2)C1. The summed E-state index contributed by atoms with van der Waals surface area (Å²) in [6.45, 7) is 6.02. The van der Waals surface area contributed by atoms with Gasteiger partial charge in [-0.3, -0.25) is 4.90 Å². The lowest BCUT2D eigenvalue weighted by Crippen LogP contribution is -2.57. The van der Waals surface area contributed by atoms with Crippen LogP contribution in [0.15, 0.2) is 0 Å². The Morgan fingerprint density at radius 2 is 2.06 bits per heavy atom. The van der Waals surface area contributed by atoms with Crippen LogP contribution < -0.4 is 5.73 Å². The van der Waals surface area contributed by atoms with Crippen LogP contribution in [0, 0.1) is 11.8 Å². The normalized spacial score (nSPS) is 33.0. The van der Waals surface area contributed by atoms with E-state index in [-0.39, 0.29) is 5.54 Å². The molecule has 2 atom stereocenters. The maximum atomic E-state index is 6.19. The standard InChI is InChI=1S/C15H30N2O/c1-3-17(9-10-18-2)15(12-16)8-4-5-14(11-15)13-6-7-13/h13-14H,3-12,16H2,1-2H3. The van der Waals surface area contributed by atoms with Gasteiger partial charge in [0, 0.05) is 25.7 Å². The lowest BCUT2D eigenvalue weighted by Gasteiger charge is -2.48. The third-order valence-corrected chi connectivity index (χ3v) is 5.15. The molecule has 0 aromatic rings. The second-order valence-electron chi connectivity index (χ2n) is 6.19. The maximum Gasteiger partial charge on any atom is 0.0589 e. The predicted octanol–water partition coefficient (Wildman–Crippen LogP) is 2.25. The minimum absolute atomic E-state index is 0.263. The zero-order valence-electron chi connectivity index (χ0n) is 12.2. The molecule has 2 fully saturated rings. The van der Waals surface area contributed by atoms with Crippen molar-refractivity contribution in [2.24, 2.45) is 17.6 Å². The van der Waals surface area contributed by atoms with Gasteiger partial charge in [0.05, 0.1) is 6.61 Å². The van der Waals surface area contributed by atoms with E-state index >= 15 is 0 Å². The summed E-state index contributed by atoms with van der Waals surface area (Å²) in [5.74, 6) is 1.97. The zero-order chi connectivity index (χ0) is 13.0. The van der Waals surface area contributed by atoms with Crippen molar-refractivity contribution in [1.29, 1.82) is 0 Å². The van der Waals surface area contributed by atoms with Crippen LogP contribution in [0.2, 0.25) is 0 Å². The minimum Gasteiger partial charge on any atom is -0.383 e. The van der Waals surface area contributed by atoms with E-state index in [9.17, 15) is 0 Å². The van der Waals surface area contributed by atoms with Gasteiger partial charge < -0.3 is 10.5 Å². The Hall–Kier alpha value is -0.120. The number of nitrogens with two attached hydrogens (primary N) is 1. The fourth-order valence-electron chi connectivity index (χ4n) is 3.89. The van der Waals surface area contributed by atoms with Crippen molar-refractivity contribution in [2.75, 3.05) is 33.4 Å². The highest BCUT2D eigenvalue weighted by atomic mass is 16.5. The van der Waals surface area contributed by atoms with Gasteiger partial charge in [0.2, 0.25) is 0 Å². The van der Waals surface area contributed by atoms with Gasteiger partial charge in [-0.2, -0.15) is 0 Å². The maximum absolute atomic E-state index is 6.19. The van der Waals surface area contributed by atoms with Crippen LogP contribution in [-0.2, 0) is 4.74 Å². The van der Waals surface area contributed by atoms with Gasteiger partial charge in [-0.15, -0.1) is 0 Å². The molecule has 0 heterocycles. The van der Waals surface area contributed by atoms with Crippen molar-refractivity contribution < 1.29 is 4.74 Å². The van der Waals surface area contributed by atoms with Crippen LogP contribution >= 0.6 is 0 Å². The molecule has 0 aromatic carbocycles. The Kier molecular flexibility index (Phi) is 5.05. The Balaban J connectivity index is 2.01. The molecule has 2 aliphatic rings. The van der Waals surface area contributed by atoms with E-state index in [0.29, 0.717) is 0 Å².